The Morgan fingerprint density at radius 2 is 0.878 bits per heavy atom. The molecule has 0 atom stereocenters. The van der Waals surface area contributed by atoms with Crippen molar-refractivity contribution in [3.8, 4) is 11.5 Å². The third kappa shape index (κ3) is 24.1. The first-order valence-corrected chi connectivity index (χ1v) is 21.3. The molecule has 2 N–H and O–H groups in total. The maximum absolute atomic E-state index is 11.7. The third-order valence-electron chi connectivity index (χ3n) is 8.77. The minimum Gasteiger partial charge on any atom is -0.872 e. The van der Waals surface area contributed by atoms with Crippen molar-refractivity contribution in [3.63, 3.8) is 0 Å². The van der Waals surface area contributed by atoms with Gasteiger partial charge in [-0.1, -0.05) is 154 Å². The number of phenolic OH excluding ortho intramolecular Hbond substituents is 1. The Morgan fingerprint density at radius 3 is 1.27 bits per heavy atom. The first kappa shape index (κ1) is 48.1. The first-order chi connectivity index (χ1) is 22.9. The van der Waals surface area contributed by atoms with Crippen molar-refractivity contribution < 1.29 is 36.2 Å². The van der Waals surface area contributed by atoms with Crippen LogP contribution in [-0.4, -0.2) is 68.8 Å². The number of aryl methyl sites for hydroxylation is 2. The van der Waals surface area contributed by atoms with E-state index < -0.39 is 20.2 Å². The number of benzene rings is 2. The molecule has 0 fully saturated rings. The molecule has 0 aliphatic rings. The molecule has 0 radical (unpaired) electrons. The van der Waals surface area contributed by atoms with Gasteiger partial charge < -0.3 is 14.8 Å². The van der Waals surface area contributed by atoms with Crippen LogP contribution in [0.3, 0.4) is 0 Å². The number of unbranched alkanes of at least 4 members (excludes halogenated alkanes) is 20. The van der Waals surface area contributed by atoms with Crippen LogP contribution < -0.4 is 5.11 Å². The van der Waals surface area contributed by atoms with Crippen LogP contribution in [0.5, 0.6) is 11.5 Å². The molecule has 276 valence electrons. The SMILES string of the molecule is CCCCCCCCCCCCCc1cc(S(=O)(=O)O)ccc1O.CCCCCCCCCCCCCc1cc(S(=O)(=O)[O-])ccc1[O-].[Ca+2]. The molecule has 0 bridgehead atoms. The summed E-state index contributed by atoms with van der Waals surface area (Å²) >= 11 is 0. The quantitative estimate of drug-likeness (QED) is 0.0547. The number of aromatic hydroxyl groups is 1. The molecule has 0 aromatic heterocycles. The molecule has 0 spiro atoms. The third-order valence-corrected chi connectivity index (χ3v) is 10.4. The van der Waals surface area contributed by atoms with Gasteiger partial charge in [0.2, 0.25) is 0 Å². The van der Waals surface area contributed by atoms with Crippen LogP contribution in [0.2, 0.25) is 0 Å². The van der Waals surface area contributed by atoms with E-state index in [1.165, 1.54) is 139 Å². The Balaban J connectivity index is 0.000000922. The summed E-state index contributed by atoms with van der Waals surface area (Å²) in [5.74, 6) is -0.0936. The van der Waals surface area contributed by atoms with E-state index in [1.54, 1.807) is 0 Å². The number of hydrogen-bond donors (Lipinski definition) is 2. The smallest absolute Gasteiger partial charge is 0.872 e. The Morgan fingerprint density at radius 1 is 0.531 bits per heavy atom. The maximum atomic E-state index is 11.7. The molecule has 0 aliphatic carbocycles. The molecular formula is C38H62CaO8S2. The zero-order valence-electron chi connectivity index (χ0n) is 30.3. The Hall–Kier alpha value is -0.880. The van der Waals surface area contributed by atoms with Crippen LogP contribution in [0.25, 0.3) is 0 Å². The van der Waals surface area contributed by atoms with Gasteiger partial charge in [0, 0.05) is 0 Å². The van der Waals surface area contributed by atoms with Gasteiger partial charge in [0.15, 0.2) is 0 Å². The fourth-order valence-electron chi connectivity index (χ4n) is 5.79. The number of hydrogen-bond acceptors (Lipinski definition) is 7. The topological polar surface area (TPSA) is 155 Å². The van der Waals surface area contributed by atoms with E-state index in [9.17, 15) is 31.6 Å². The predicted octanol–water partition coefficient (Wildman–Crippen LogP) is 9.63. The van der Waals surface area contributed by atoms with E-state index in [2.05, 4.69) is 13.8 Å². The van der Waals surface area contributed by atoms with Crippen LogP contribution >= 0.6 is 0 Å². The van der Waals surface area contributed by atoms with Crippen LogP contribution in [0.15, 0.2) is 46.2 Å². The van der Waals surface area contributed by atoms with Crippen molar-refractivity contribution in [3.05, 3.63) is 47.5 Å². The van der Waals surface area contributed by atoms with Gasteiger partial charge in [-0.25, -0.2) is 8.42 Å². The number of phenols is 1. The molecule has 0 unspecified atom stereocenters. The Kier molecular flexibility index (Phi) is 28.2. The van der Waals surface area contributed by atoms with Gasteiger partial charge in [-0.3, -0.25) is 4.55 Å². The molecule has 2 rings (SSSR count). The van der Waals surface area contributed by atoms with Crippen molar-refractivity contribution in [2.24, 2.45) is 0 Å². The van der Waals surface area contributed by atoms with Gasteiger partial charge in [-0.15, -0.1) is 5.75 Å². The van der Waals surface area contributed by atoms with E-state index >= 15 is 0 Å². The maximum Gasteiger partial charge on any atom is 2.00 e. The minimum atomic E-state index is -4.49. The molecule has 0 saturated carbocycles. The molecule has 11 heteroatoms. The zero-order valence-corrected chi connectivity index (χ0v) is 34.1. The molecule has 49 heavy (non-hydrogen) atoms. The summed E-state index contributed by atoms with van der Waals surface area (Å²) in [6.45, 7) is 4.46. The average Bonchev–Trinajstić information content (AvgIpc) is 3.03. The van der Waals surface area contributed by atoms with Crippen molar-refractivity contribution >= 4 is 58.0 Å². The first-order valence-electron chi connectivity index (χ1n) is 18.4. The zero-order chi connectivity index (χ0) is 35.7. The molecular weight excluding hydrogens is 689 g/mol. The monoisotopic (exact) mass is 750 g/mol. The molecule has 2 aromatic carbocycles. The van der Waals surface area contributed by atoms with Gasteiger partial charge in [-0.05, 0) is 61.6 Å². The summed E-state index contributed by atoms with van der Waals surface area (Å²) in [7, 11) is -8.69. The van der Waals surface area contributed by atoms with Gasteiger partial charge in [0.1, 0.15) is 15.9 Å². The van der Waals surface area contributed by atoms with E-state index in [-0.39, 0.29) is 59.0 Å². The fourth-order valence-corrected chi connectivity index (χ4v) is 6.84. The standard InChI is InChI=1S/2C19H32O4S.Ca/c2*1-2-3-4-5-6-7-8-9-10-11-12-13-17-16-18(24(21,22)23)14-15-19(17)20;/h2*14-16,20H,2-13H2,1H3,(H,21,22,23);/q;;+2/p-2. The second-order valence-electron chi connectivity index (χ2n) is 13.1. The van der Waals surface area contributed by atoms with E-state index in [0.717, 1.165) is 38.2 Å². The second-order valence-corrected chi connectivity index (χ2v) is 15.9. The van der Waals surface area contributed by atoms with Crippen LogP contribution in [0, 0.1) is 0 Å². The summed E-state index contributed by atoms with van der Waals surface area (Å²) in [4.78, 5) is -0.460. The Labute approximate surface area is 328 Å². The summed E-state index contributed by atoms with van der Waals surface area (Å²) in [5, 5.41) is 21.5. The largest absolute Gasteiger partial charge is 2.00 e. The minimum absolute atomic E-state index is 0. The van der Waals surface area contributed by atoms with Crippen molar-refractivity contribution in [2.45, 2.75) is 178 Å². The summed E-state index contributed by atoms with van der Waals surface area (Å²) in [6.07, 6.45) is 28.4. The molecule has 0 aliphatic heterocycles. The normalized spacial score (nSPS) is 11.5. The number of rotatable bonds is 26. The van der Waals surface area contributed by atoms with Crippen molar-refractivity contribution in [1.29, 1.82) is 0 Å². The van der Waals surface area contributed by atoms with Gasteiger partial charge in [0.05, 0.1) is 9.79 Å². The molecule has 0 heterocycles. The van der Waals surface area contributed by atoms with Crippen LogP contribution in [0.4, 0.5) is 0 Å². The van der Waals surface area contributed by atoms with Gasteiger partial charge >= 0.3 is 37.7 Å². The van der Waals surface area contributed by atoms with Gasteiger partial charge in [0.25, 0.3) is 10.1 Å². The molecule has 0 saturated heterocycles. The van der Waals surface area contributed by atoms with E-state index in [4.69, 9.17) is 4.55 Å². The van der Waals surface area contributed by atoms with Crippen molar-refractivity contribution in [2.75, 3.05) is 0 Å². The summed E-state index contributed by atoms with van der Waals surface area (Å²) in [5.41, 5.74) is 1.02. The van der Waals surface area contributed by atoms with Gasteiger partial charge in [-0.2, -0.15) is 8.42 Å². The van der Waals surface area contributed by atoms with Crippen LogP contribution in [-0.2, 0) is 33.1 Å². The predicted molar refractivity (Wildman–Crippen MR) is 198 cm³/mol. The molecule has 8 nitrogen and oxygen atoms in total. The fraction of sp³-hybridized carbons (Fsp3) is 0.684. The van der Waals surface area contributed by atoms with E-state index in [0.29, 0.717) is 24.0 Å². The average molecular weight is 751 g/mol. The molecule has 0 amide bonds. The molecule has 2 aromatic rings. The van der Waals surface area contributed by atoms with E-state index in [1.807, 2.05) is 0 Å². The second kappa shape index (κ2) is 28.7. The summed E-state index contributed by atoms with van der Waals surface area (Å²) in [6, 6.07) is 7.42. The Bertz CT molecular complexity index is 1240. The van der Waals surface area contributed by atoms with Crippen LogP contribution in [0.1, 0.15) is 166 Å². The van der Waals surface area contributed by atoms with Crippen molar-refractivity contribution in [1.82, 2.24) is 0 Å². The summed E-state index contributed by atoms with van der Waals surface area (Å²) < 4.78 is 64.3.